The van der Waals surface area contributed by atoms with Gasteiger partial charge in [-0.3, -0.25) is 4.79 Å². The first-order valence-corrected chi connectivity index (χ1v) is 8.48. The third-order valence-electron chi connectivity index (χ3n) is 3.60. The van der Waals surface area contributed by atoms with Gasteiger partial charge in [0, 0.05) is 18.5 Å². The largest absolute Gasteiger partial charge is 0.406 e. The third-order valence-corrected chi connectivity index (χ3v) is 4.50. The maximum Gasteiger partial charge on any atom is 0.406 e. The Kier molecular flexibility index (Phi) is 4.90. The summed E-state index contributed by atoms with van der Waals surface area (Å²) < 4.78 is 38.7. The number of carbonyl (C=O) groups is 1. The van der Waals surface area contributed by atoms with E-state index in [9.17, 15) is 18.0 Å². The van der Waals surface area contributed by atoms with Gasteiger partial charge >= 0.3 is 6.18 Å². The Bertz CT molecular complexity index is 915. The molecular weight excluding hydrogens is 365 g/mol. The predicted octanol–water partition coefficient (Wildman–Crippen LogP) is 3.95. The molecule has 1 aliphatic heterocycles. The number of hydrogen-bond donors (Lipinski definition) is 1. The number of carbonyl (C=O) groups excluding carboxylic acids is 1. The number of imidazole rings is 1. The summed E-state index contributed by atoms with van der Waals surface area (Å²) in [6, 6.07) is 5.79. The van der Waals surface area contributed by atoms with Crippen molar-refractivity contribution in [2.24, 2.45) is 4.99 Å². The Morgan fingerprint density at radius 3 is 2.85 bits per heavy atom. The molecule has 136 valence electrons. The number of aromatic nitrogens is 2. The maximum atomic E-state index is 12.6. The lowest BCUT2D eigenvalue weighted by Gasteiger charge is -2.08. The molecule has 0 bridgehead atoms. The summed E-state index contributed by atoms with van der Waals surface area (Å²) >= 11 is 1.07. The number of amides is 1. The minimum Gasteiger partial charge on any atom is -0.322 e. The summed E-state index contributed by atoms with van der Waals surface area (Å²) in [5, 5.41) is 3.00. The summed E-state index contributed by atoms with van der Waals surface area (Å²) in [6.45, 7) is 2.68. The highest BCUT2D eigenvalue weighted by atomic mass is 32.2. The fraction of sp³-hybridized carbons (Fsp3) is 0.235. The van der Waals surface area contributed by atoms with Gasteiger partial charge < -0.3 is 9.88 Å². The average molecular weight is 380 g/mol. The lowest BCUT2D eigenvalue weighted by atomic mass is 10.1. The summed E-state index contributed by atoms with van der Waals surface area (Å²) in [7, 11) is 0. The zero-order chi connectivity index (χ0) is 18.9. The average Bonchev–Trinajstić information content (AvgIpc) is 3.09. The van der Waals surface area contributed by atoms with Crippen LogP contribution >= 0.6 is 11.8 Å². The molecule has 5 nitrogen and oxygen atoms in total. The molecule has 0 atom stereocenters. The molecule has 26 heavy (non-hydrogen) atoms. The second-order valence-electron chi connectivity index (χ2n) is 5.80. The van der Waals surface area contributed by atoms with Gasteiger partial charge in [0.2, 0.25) is 0 Å². The topological polar surface area (TPSA) is 59.3 Å². The summed E-state index contributed by atoms with van der Waals surface area (Å²) in [5.74, 6) is -0.353. The molecule has 1 saturated heterocycles. The van der Waals surface area contributed by atoms with Gasteiger partial charge in [-0.1, -0.05) is 12.1 Å². The van der Waals surface area contributed by atoms with Crippen molar-refractivity contribution in [1.29, 1.82) is 0 Å². The van der Waals surface area contributed by atoms with Crippen molar-refractivity contribution in [2.45, 2.75) is 26.6 Å². The van der Waals surface area contributed by atoms with E-state index in [2.05, 4.69) is 15.3 Å². The van der Waals surface area contributed by atoms with Crippen molar-refractivity contribution in [2.75, 3.05) is 0 Å². The Balaban J connectivity index is 1.85. The van der Waals surface area contributed by atoms with Gasteiger partial charge in [-0.05, 0) is 42.8 Å². The smallest absolute Gasteiger partial charge is 0.322 e. The Morgan fingerprint density at radius 1 is 1.35 bits per heavy atom. The van der Waals surface area contributed by atoms with Crippen LogP contribution in [-0.4, -0.2) is 26.8 Å². The fourth-order valence-corrected chi connectivity index (χ4v) is 3.14. The van der Waals surface area contributed by atoms with Crippen molar-refractivity contribution < 1.29 is 18.0 Å². The molecule has 1 amide bonds. The first-order chi connectivity index (χ1) is 12.2. The van der Waals surface area contributed by atoms with Gasteiger partial charge in [0.05, 0.1) is 10.6 Å². The minimum absolute atomic E-state index is 0.0629. The number of alkyl halides is 3. The molecule has 0 saturated carbocycles. The first-order valence-electron chi connectivity index (χ1n) is 7.66. The van der Waals surface area contributed by atoms with E-state index >= 15 is 0 Å². The van der Waals surface area contributed by atoms with Crippen LogP contribution in [0.4, 0.5) is 18.9 Å². The van der Waals surface area contributed by atoms with Crippen molar-refractivity contribution in [1.82, 2.24) is 14.9 Å². The quantitative estimate of drug-likeness (QED) is 0.820. The van der Waals surface area contributed by atoms with Gasteiger partial charge in [-0.15, -0.1) is 0 Å². The molecule has 1 N–H and O–H groups in total. The second-order valence-corrected chi connectivity index (χ2v) is 6.83. The number of thioether (sulfide) groups is 1. The van der Waals surface area contributed by atoms with Crippen LogP contribution in [0.1, 0.15) is 17.0 Å². The summed E-state index contributed by atoms with van der Waals surface area (Å²) in [5.41, 5.74) is 2.72. The summed E-state index contributed by atoms with van der Waals surface area (Å²) in [6.07, 6.45) is -0.547. The number of nitrogens with one attached hydrogen (secondary N) is 1. The highest BCUT2D eigenvalue weighted by Crippen LogP contribution is 2.29. The van der Waals surface area contributed by atoms with E-state index in [1.54, 1.807) is 0 Å². The van der Waals surface area contributed by atoms with Crippen LogP contribution in [0.2, 0.25) is 0 Å². The van der Waals surface area contributed by atoms with Gasteiger partial charge in [0.15, 0.2) is 5.17 Å². The molecular formula is C17H15F3N4OS. The van der Waals surface area contributed by atoms with E-state index in [0.29, 0.717) is 5.17 Å². The Morgan fingerprint density at radius 2 is 2.12 bits per heavy atom. The van der Waals surface area contributed by atoms with E-state index < -0.39 is 18.6 Å². The summed E-state index contributed by atoms with van der Waals surface area (Å²) in [4.78, 5) is 20.7. The van der Waals surface area contributed by atoms with E-state index in [1.165, 1.54) is 18.5 Å². The van der Waals surface area contributed by atoms with Gasteiger partial charge in [0.1, 0.15) is 12.4 Å². The fourth-order valence-electron chi connectivity index (χ4n) is 2.33. The van der Waals surface area contributed by atoms with Crippen molar-refractivity contribution >= 4 is 34.6 Å². The SMILES string of the molecule is Cc1ccc(C)c(N=C2NC(=O)/C(=C\c3nccn3CC(F)(F)F)S2)c1. The molecule has 0 unspecified atom stereocenters. The number of nitrogens with zero attached hydrogens (tertiary/aromatic N) is 3. The maximum absolute atomic E-state index is 12.6. The van der Waals surface area contributed by atoms with Crippen LogP contribution in [0.3, 0.4) is 0 Å². The van der Waals surface area contributed by atoms with E-state index in [4.69, 9.17) is 0 Å². The molecule has 1 fully saturated rings. The van der Waals surface area contributed by atoms with Crippen LogP contribution in [0.5, 0.6) is 0 Å². The van der Waals surface area contributed by atoms with E-state index in [-0.39, 0.29) is 10.7 Å². The van der Waals surface area contributed by atoms with Crippen molar-refractivity contribution in [3.05, 3.63) is 52.4 Å². The van der Waals surface area contributed by atoms with Crippen molar-refractivity contribution in [3.63, 3.8) is 0 Å². The van der Waals surface area contributed by atoms with Gasteiger partial charge in [-0.25, -0.2) is 9.98 Å². The Hall–Kier alpha value is -2.55. The normalized spacial score (nSPS) is 18.0. The number of halogens is 3. The molecule has 0 aliphatic carbocycles. The lowest BCUT2D eigenvalue weighted by Crippen LogP contribution is -2.20. The molecule has 9 heteroatoms. The highest BCUT2D eigenvalue weighted by molar-refractivity contribution is 8.18. The number of aryl methyl sites for hydroxylation is 2. The van der Waals surface area contributed by atoms with Crippen LogP contribution in [0.15, 0.2) is 40.5 Å². The number of hydrogen-bond acceptors (Lipinski definition) is 4. The lowest BCUT2D eigenvalue weighted by molar-refractivity contribution is -0.140. The molecule has 2 heterocycles. The zero-order valence-electron chi connectivity index (χ0n) is 14.0. The zero-order valence-corrected chi connectivity index (χ0v) is 14.8. The number of aliphatic imine (C=N–C) groups is 1. The number of amidine groups is 1. The molecule has 0 spiro atoms. The molecule has 1 aromatic carbocycles. The molecule has 1 aromatic heterocycles. The second kappa shape index (κ2) is 6.99. The van der Waals surface area contributed by atoms with Crippen molar-refractivity contribution in [3.8, 4) is 0 Å². The molecule has 0 radical (unpaired) electrons. The minimum atomic E-state index is -4.37. The van der Waals surface area contributed by atoms with Gasteiger partial charge in [-0.2, -0.15) is 13.2 Å². The van der Waals surface area contributed by atoms with Gasteiger partial charge in [0.25, 0.3) is 5.91 Å². The highest BCUT2D eigenvalue weighted by Gasteiger charge is 2.29. The standard InChI is InChI=1S/C17H15F3N4OS/c1-10-3-4-11(2)12(7-10)22-16-23-15(25)13(26-16)8-14-21-5-6-24(14)9-17(18,19)20/h3-8H,9H2,1-2H3,(H,22,23,25)/b13-8+. The van der Waals surface area contributed by atoms with Crippen LogP contribution < -0.4 is 5.32 Å². The van der Waals surface area contributed by atoms with E-state index in [0.717, 1.165) is 33.1 Å². The van der Waals surface area contributed by atoms with Crippen LogP contribution in [0.25, 0.3) is 6.08 Å². The number of benzene rings is 1. The number of rotatable bonds is 3. The monoisotopic (exact) mass is 380 g/mol. The predicted molar refractivity (Wildman–Crippen MR) is 95.0 cm³/mol. The molecule has 3 rings (SSSR count). The Labute approximate surface area is 152 Å². The molecule has 1 aliphatic rings. The third kappa shape index (κ3) is 4.34. The first kappa shape index (κ1) is 18.2. The van der Waals surface area contributed by atoms with E-state index in [1.807, 2.05) is 32.0 Å². The molecule has 2 aromatic rings. The van der Waals surface area contributed by atoms with Crippen LogP contribution in [-0.2, 0) is 11.3 Å². The van der Waals surface area contributed by atoms with Crippen LogP contribution in [0, 0.1) is 13.8 Å².